The van der Waals surface area contributed by atoms with E-state index in [4.69, 9.17) is 23.5 Å². The van der Waals surface area contributed by atoms with Crippen molar-refractivity contribution in [3.05, 3.63) is 18.8 Å². The van der Waals surface area contributed by atoms with Gasteiger partial charge in [-0.3, -0.25) is 0 Å². The summed E-state index contributed by atoms with van der Waals surface area (Å²) in [5, 5.41) is 0. The predicted molar refractivity (Wildman–Crippen MR) is 198 cm³/mol. The monoisotopic (exact) mass is 2250 g/mol. The molecule has 0 aliphatic carbocycles. The molecule has 31 radical (unpaired) electrons. The third-order valence-electron chi connectivity index (χ3n) is 4.12. The van der Waals surface area contributed by atoms with Crippen molar-refractivity contribution in [2.75, 3.05) is 41.8 Å². The van der Waals surface area contributed by atoms with E-state index >= 15 is 0 Å². The van der Waals surface area contributed by atoms with Gasteiger partial charge in [-0.2, -0.15) is 6.23 Å². The first kappa shape index (κ1) is 256. The molecule has 0 rings (SSSR count). The fraction of sp³-hybridized carbons (Fsp3) is 0.885. The first-order valence-electron chi connectivity index (χ1n) is 14.0. The summed E-state index contributed by atoms with van der Waals surface area (Å²) < 4.78 is 31.2. The minimum atomic E-state index is -1.38. The number of rotatable bonds is 8. The molecule has 0 aromatic heterocycles. The smallest absolute Gasteiger partial charge is 0.403 e. The Balaban J connectivity index is -0.00000000445. The summed E-state index contributed by atoms with van der Waals surface area (Å²) in [6, 6.07) is 1.28. The van der Waals surface area contributed by atoms with Gasteiger partial charge in [-0.1, -0.05) is 33.0 Å². The molecule has 0 heterocycles. The molecular weight excluding hydrogens is 2170 g/mol. The quantitative estimate of drug-likeness (QED) is 0.139. The summed E-state index contributed by atoms with van der Waals surface area (Å²) in [5.41, 5.74) is 2.08. The van der Waals surface area contributed by atoms with E-state index in [1.807, 2.05) is 20.2 Å². The van der Waals surface area contributed by atoms with Crippen LogP contribution in [0.3, 0.4) is 0 Å². The van der Waals surface area contributed by atoms with Crippen molar-refractivity contribution in [2.45, 2.75) is 111 Å². The zero-order valence-corrected chi connectivity index (χ0v) is 94.0. The first-order chi connectivity index (χ1) is 17.3. The minimum absolute atomic E-state index is 0. The van der Waals surface area contributed by atoms with Gasteiger partial charge in [0, 0.05) is 617 Å². The van der Waals surface area contributed by atoms with Crippen LogP contribution in [0.4, 0.5) is 0 Å². The summed E-state index contributed by atoms with van der Waals surface area (Å²) in [6.45, 7) is 40.1. The van der Waals surface area contributed by atoms with Crippen LogP contribution in [0.2, 0.25) is 97.7 Å². The van der Waals surface area contributed by atoms with Gasteiger partial charge < -0.3 is 34.8 Å². The number of hydrogen-bond acceptors (Lipinski definition) is 6. The molecule has 0 aliphatic heterocycles. The maximum absolute atomic E-state index is 6.02. The fourth-order valence-electron chi connectivity index (χ4n) is 0.704. The van der Waals surface area contributed by atoms with Crippen molar-refractivity contribution in [2.24, 2.45) is 0 Å². The molecule has 0 amide bonds. The van der Waals surface area contributed by atoms with Crippen LogP contribution in [0.15, 0.2) is 12.3 Å². The van der Waals surface area contributed by atoms with E-state index in [1.165, 1.54) is 12.5 Å². The van der Waals surface area contributed by atoms with E-state index in [1.54, 1.807) is 28.4 Å². The summed E-state index contributed by atoms with van der Waals surface area (Å²) in [6.07, 6.45) is 1.34. The van der Waals surface area contributed by atoms with Crippen molar-refractivity contribution >= 4 is 63.7 Å². The third-order valence-corrected chi connectivity index (χ3v) is 12.4. The van der Waals surface area contributed by atoms with Gasteiger partial charge in [-0.15, -0.1) is 12.3 Å². The van der Waals surface area contributed by atoms with Crippen LogP contribution >= 0.6 is 0 Å². The van der Waals surface area contributed by atoms with E-state index in [0.29, 0.717) is 0 Å². The summed E-state index contributed by atoms with van der Waals surface area (Å²) in [5.74, 6) is 0. The van der Waals surface area contributed by atoms with E-state index in [9.17, 15) is 0 Å². The Kier molecular flexibility index (Phi) is 734. The second-order valence-corrected chi connectivity index (χ2v) is 35.4. The zero-order chi connectivity index (χ0) is 33.5. The molecule has 393 valence electrons. The molecule has 0 fully saturated rings. The maximum Gasteiger partial charge on any atom is 0.403 e. The molecule has 0 saturated carbocycles. The van der Waals surface area contributed by atoms with Crippen molar-refractivity contribution in [3.8, 4) is 0 Å². The largest absolute Gasteiger partial charge is 0.796 e. The van der Waals surface area contributed by atoms with E-state index in [-0.39, 0.29) is 581 Å². The summed E-state index contributed by atoms with van der Waals surface area (Å²) in [4.78, 5) is 0. The standard InChI is InChI=1S/C6H16OSi.C5H12Si.C4H12OSi.C4H11OSi.2C3H10OSi.CH4S.31V/c1-5-6-8(3,4)7-2;3*1-5-6(2,3)4;2*1-4-5(2)3;1-2;;;;;;;;;;;;;;;;;;;;;;;;;;;;;;;/h5-6H2,1-4H3;5H,1H2,2-4H3;1-4H3;2H2,1,3-4H3;2*5H,1-3H3;2H,1H3;;;;;;;;;;;;;;;;;;;;;;;;;;;;;;;/q;;;+1;;;;;;;;;;;;;;;;;;;;;;;;;;;;;;;;;;/p-1/i;;;;;;1D;;;;;;;;;;;;;;;;;;;;;;;;;;;;;;;. The van der Waals surface area contributed by atoms with E-state index in [0.717, 1.165) is 0 Å². The third kappa shape index (κ3) is 412. The number of hydrogen-bond donors (Lipinski definition) is 0. The molecule has 0 aromatic rings. The molecule has 0 N–H and O–H groups in total. The predicted octanol–water partition coefficient (Wildman–Crippen LogP) is 8.29. The molecule has 43 heteroatoms. The van der Waals surface area contributed by atoms with Crippen molar-refractivity contribution in [1.82, 2.24) is 0 Å². The molecule has 0 bridgehead atoms. The Morgan fingerprint density at radius 3 is 0.565 bits per heavy atom. The average Bonchev–Trinajstić information content (AvgIpc) is 2.80. The van der Waals surface area contributed by atoms with Crippen molar-refractivity contribution in [1.29, 1.82) is 0 Å². The van der Waals surface area contributed by atoms with Crippen LogP contribution in [0, 0.1) is 6.55 Å². The van der Waals surface area contributed by atoms with Crippen LogP contribution in [-0.2, 0) is 610 Å². The van der Waals surface area contributed by atoms with Gasteiger partial charge in [0.2, 0.25) is 0 Å². The molecular formula is C26H74O5SSi6V31. The molecule has 0 saturated heterocycles. The Bertz CT molecular complexity index is 505. The topological polar surface area (TPSA) is 46.2 Å². The van der Waals surface area contributed by atoms with Crippen molar-refractivity contribution in [3.63, 3.8) is 0 Å². The van der Waals surface area contributed by atoms with Gasteiger partial charge >= 0.3 is 8.32 Å². The van der Waals surface area contributed by atoms with Crippen LogP contribution < -0.4 is 0 Å². The van der Waals surface area contributed by atoms with E-state index < -0.39 is 51.1 Å². The fourth-order valence-corrected chi connectivity index (χ4v) is 2.11. The zero-order valence-electron chi connectivity index (χ0n) is 44.6. The normalized spacial score (nSPS) is 6.10. The minimum Gasteiger partial charge on any atom is -0.796 e. The van der Waals surface area contributed by atoms with E-state index in [2.05, 4.69) is 117 Å². The average molecular weight is 2250 g/mol. The first-order valence-corrected chi connectivity index (χ1v) is 32.7. The second kappa shape index (κ2) is 198. The van der Waals surface area contributed by atoms with Gasteiger partial charge in [-0.05, 0) is 79.4 Å². The van der Waals surface area contributed by atoms with Crippen LogP contribution in [0.25, 0.3) is 0 Å². The molecule has 0 aliphatic rings. The Labute approximate surface area is 816 Å². The molecule has 0 atom stereocenters. The Morgan fingerprint density at radius 2 is 0.551 bits per heavy atom. The van der Waals surface area contributed by atoms with Gasteiger partial charge in [-0.25, -0.2) is 0 Å². The SMILES string of the molecule is C=C[Si](C)(C)C.CCC[Si](C)(C)OC.CO[SiH](C)C.CO[SiH](C)C.CO[Si](C)(C)C.[2H]C[S-].[CH2+][Si](C)(C)OC.[V].[V].[V].[V].[V].[V].[V].[V].[V].[V].[V].[V].[V].[V].[V].[V].[V].[V].[V].[V].[V].[V].[V].[V].[V].[V].[V].[V].[V].[V].[V]. The van der Waals surface area contributed by atoms with Crippen LogP contribution in [0.5, 0.6) is 0 Å². The summed E-state index contributed by atoms with van der Waals surface area (Å²) >= 11 is 4.06. The van der Waals surface area contributed by atoms with Gasteiger partial charge in [0.15, 0.2) is 34.7 Å². The Hall–Kier alpha value is 19.2. The molecule has 69 heavy (non-hydrogen) atoms. The second-order valence-electron chi connectivity index (χ2n) is 12.1. The van der Waals surface area contributed by atoms with Crippen molar-refractivity contribution < 1.29 is 599 Å². The van der Waals surface area contributed by atoms with Gasteiger partial charge in [0.1, 0.15) is 0 Å². The maximum atomic E-state index is 6.02. The molecule has 0 aromatic carbocycles. The summed E-state index contributed by atoms with van der Waals surface area (Å²) in [7, 11) is 2.96. The van der Waals surface area contributed by atoms with Gasteiger partial charge in [0.25, 0.3) is 0 Å². The Morgan fingerprint density at radius 1 is 0.435 bits per heavy atom. The molecule has 0 unspecified atom stereocenters. The van der Waals surface area contributed by atoms with Crippen LogP contribution in [0.1, 0.15) is 14.7 Å². The van der Waals surface area contributed by atoms with Crippen LogP contribution in [-0.4, -0.2) is 92.9 Å². The molecule has 0 spiro atoms. The molecule has 5 nitrogen and oxygen atoms in total. The van der Waals surface area contributed by atoms with Gasteiger partial charge in [0.05, 0.1) is 8.07 Å².